The van der Waals surface area contributed by atoms with Crippen LogP contribution in [0.25, 0.3) is 0 Å². The fraction of sp³-hybridized carbons (Fsp3) is 0.333. The maximum absolute atomic E-state index is 9.78. The molecule has 1 aromatic rings. The summed E-state index contributed by atoms with van der Waals surface area (Å²) in [5, 5.41) is 0. The van der Waals surface area contributed by atoms with Crippen LogP contribution in [-0.2, 0) is 14.3 Å². The van der Waals surface area contributed by atoms with Crippen molar-refractivity contribution >= 4 is 10.1 Å². The SMILES string of the molecule is COS(C)(=O)=O.Cc1ccccc1. The van der Waals surface area contributed by atoms with Crippen LogP contribution in [0.1, 0.15) is 5.56 Å². The first-order valence-corrected chi connectivity index (χ1v) is 5.54. The number of rotatable bonds is 1. The Kier molecular flexibility index (Phi) is 5.34. The Morgan fingerprint density at radius 2 is 1.54 bits per heavy atom. The molecule has 0 unspecified atom stereocenters. The molecule has 0 amide bonds. The first-order chi connectivity index (χ1) is 5.95. The summed E-state index contributed by atoms with van der Waals surface area (Å²) in [6, 6.07) is 10.3. The lowest BCUT2D eigenvalue weighted by Gasteiger charge is -1.84. The molecule has 4 heteroatoms. The Hall–Kier alpha value is -0.870. The van der Waals surface area contributed by atoms with E-state index in [9.17, 15) is 8.42 Å². The Balaban J connectivity index is 0.000000226. The molecule has 0 aliphatic heterocycles. The lowest BCUT2D eigenvalue weighted by molar-refractivity contribution is 0.403. The van der Waals surface area contributed by atoms with E-state index in [1.165, 1.54) is 5.56 Å². The minimum absolute atomic E-state index is 0.993. The van der Waals surface area contributed by atoms with Gasteiger partial charge in [-0.15, -0.1) is 0 Å². The Labute approximate surface area is 79.5 Å². The molecule has 0 spiro atoms. The second-order valence-corrected chi connectivity index (χ2v) is 4.27. The van der Waals surface area contributed by atoms with Crippen LogP contribution in [0.15, 0.2) is 30.3 Å². The summed E-state index contributed by atoms with van der Waals surface area (Å²) in [4.78, 5) is 0. The molecule has 13 heavy (non-hydrogen) atoms. The fourth-order valence-corrected chi connectivity index (χ4v) is 0.534. The third-order valence-corrected chi connectivity index (χ3v) is 1.85. The van der Waals surface area contributed by atoms with Crippen LogP contribution in [-0.4, -0.2) is 21.8 Å². The van der Waals surface area contributed by atoms with Gasteiger partial charge in [0.15, 0.2) is 0 Å². The lowest BCUT2D eigenvalue weighted by atomic mass is 10.2. The molecular formula is C9H14O3S. The maximum Gasteiger partial charge on any atom is 0.264 e. The van der Waals surface area contributed by atoms with Gasteiger partial charge in [0.05, 0.1) is 13.4 Å². The van der Waals surface area contributed by atoms with Crippen molar-refractivity contribution in [3.8, 4) is 0 Å². The molecule has 0 aliphatic rings. The Bertz CT molecular complexity index is 316. The van der Waals surface area contributed by atoms with Gasteiger partial charge in [-0.05, 0) is 6.92 Å². The molecular weight excluding hydrogens is 188 g/mol. The van der Waals surface area contributed by atoms with Crippen LogP contribution in [0, 0.1) is 6.92 Å². The van der Waals surface area contributed by atoms with Crippen LogP contribution in [0.2, 0.25) is 0 Å². The van der Waals surface area contributed by atoms with Crippen molar-refractivity contribution in [1.29, 1.82) is 0 Å². The van der Waals surface area contributed by atoms with Gasteiger partial charge < -0.3 is 0 Å². The third-order valence-electron chi connectivity index (χ3n) is 1.24. The van der Waals surface area contributed by atoms with E-state index < -0.39 is 10.1 Å². The number of aryl methyl sites for hydroxylation is 1. The van der Waals surface area contributed by atoms with Crippen molar-refractivity contribution in [2.45, 2.75) is 6.92 Å². The van der Waals surface area contributed by atoms with E-state index in [-0.39, 0.29) is 0 Å². The van der Waals surface area contributed by atoms with Crippen LogP contribution in [0.5, 0.6) is 0 Å². The quantitative estimate of drug-likeness (QED) is 0.649. The van der Waals surface area contributed by atoms with Gasteiger partial charge in [-0.2, -0.15) is 8.42 Å². The zero-order valence-electron chi connectivity index (χ0n) is 8.02. The van der Waals surface area contributed by atoms with Crippen LogP contribution < -0.4 is 0 Å². The van der Waals surface area contributed by atoms with Gasteiger partial charge in [0.25, 0.3) is 10.1 Å². The van der Waals surface area contributed by atoms with Gasteiger partial charge in [0, 0.05) is 0 Å². The molecule has 0 saturated heterocycles. The normalized spacial score (nSPS) is 10.1. The molecule has 0 aromatic heterocycles. The fourth-order valence-electron chi connectivity index (χ4n) is 0.534. The van der Waals surface area contributed by atoms with Crippen molar-refractivity contribution in [3.63, 3.8) is 0 Å². The molecule has 0 atom stereocenters. The highest BCUT2D eigenvalue weighted by atomic mass is 32.2. The lowest BCUT2D eigenvalue weighted by Crippen LogP contribution is -1.95. The average Bonchev–Trinajstić information content (AvgIpc) is 2.06. The summed E-state index contributed by atoms with van der Waals surface area (Å²) in [6.07, 6.45) is 0.993. The largest absolute Gasteiger partial charge is 0.274 e. The second-order valence-electron chi connectivity index (χ2n) is 2.53. The highest BCUT2D eigenvalue weighted by Gasteiger charge is 1.90. The molecule has 74 valence electrons. The summed E-state index contributed by atoms with van der Waals surface area (Å²) in [5.74, 6) is 0. The van der Waals surface area contributed by atoms with Gasteiger partial charge in [0.2, 0.25) is 0 Å². The molecule has 0 radical (unpaired) electrons. The Morgan fingerprint density at radius 1 is 1.15 bits per heavy atom. The summed E-state index contributed by atoms with van der Waals surface area (Å²) >= 11 is 0. The zero-order chi connectivity index (χ0) is 10.3. The average molecular weight is 202 g/mol. The van der Waals surface area contributed by atoms with Crippen LogP contribution in [0.3, 0.4) is 0 Å². The summed E-state index contributed by atoms with van der Waals surface area (Å²) in [6.45, 7) is 2.08. The first-order valence-electron chi connectivity index (χ1n) is 3.73. The van der Waals surface area contributed by atoms with E-state index in [1.807, 2.05) is 18.2 Å². The van der Waals surface area contributed by atoms with E-state index in [2.05, 4.69) is 23.2 Å². The maximum atomic E-state index is 9.78. The van der Waals surface area contributed by atoms with Crippen molar-refractivity contribution in [3.05, 3.63) is 35.9 Å². The zero-order valence-corrected chi connectivity index (χ0v) is 8.84. The van der Waals surface area contributed by atoms with Crippen molar-refractivity contribution in [2.24, 2.45) is 0 Å². The topological polar surface area (TPSA) is 43.4 Å². The summed E-state index contributed by atoms with van der Waals surface area (Å²) in [7, 11) is -2.04. The van der Waals surface area contributed by atoms with E-state index >= 15 is 0 Å². The molecule has 1 aromatic carbocycles. The van der Waals surface area contributed by atoms with Gasteiger partial charge in [-0.1, -0.05) is 35.9 Å². The Morgan fingerprint density at radius 3 is 1.69 bits per heavy atom. The molecule has 0 saturated carbocycles. The number of benzene rings is 1. The van der Waals surface area contributed by atoms with Crippen LogP contribution in [0.4, 0.5) is 0 Å². The molecule has 1 rings (SSSR count). The molecule has 0 aliphatic carbocycles. The molecule has 0 bridgehead atoms. The van der Waals surface area contributed by atoms with E-state index in [1.54, 1.807) is 0 Å². The minimum Gasteiger partial charge on any atom is -0.274 e. The molecule has 0 N–H and O–H groups in total. The van der Waals surface area contributed by atoms with E-state index in [4.69, 9.17) is 0 Å². The highest BCUT2D eigenvalue weighted by molar-refractivity contribution is 7.85. The molecule has 0 fully saturated rings. The molecule has 3 nitrogen and oxygen atoms in total. The minimum atomic E-state index is -3.16. The van der Waals surface area contributed by atoms with Crippen molar-refractivity contribution in [1.82, 2.24) is 0 Å². The predicted octanol–water partition coefficient (Wildman–Crippen LogP) is 1.59. The summed E-state index contributed by atoms with van der Waals surface area (Å²) < 4.78 is 23.5. The standard InChI is InChI=1S/C7H8.C2H6O3S/c1-7-5-3-2-4-6-7;1-5-6(2,3)4/h2-6H,1H3;1-2H3. The smallest absolute Gasteiger partial charge is 0.264 e. The highest BCUT2D eigenvalue weighted by Crippen LogP contribution is 1.92. The monoisotopic (exact) mass is 202 g/mol. The number of hydrogen-bond donors (Lipinski definition) is 0. The van der Waals surface area contributed by atoms with Gasteiger partial charge in [-0.25, -0.2) is 0 Å². The van der Waals surface area contributed by atoms with Gasteiger partial charge in [-0.3, -0.25) is 4.18 Å². The van der Waals surface area contributed by atoms with Gasteiger partial charge >= 0.3 is 0 Å². The van der Waals surface area contributed by atoms with Crippen LogP contribution >= 0.6 is 0 Å². The first kappa shape index (κ1) is 12.1. The van der Waals surface area contributed by atoms with Gasteiger partial charge in [0.1, 0.15) is 0 Å². The second kappa shape index (κ2) is 5.72. The molecule has 0 heterocycles. The summed E-state index contributed by atoms with van der Waals surface area (Å²) in [5.41, 5.74) is 1.32. The van der Waals surface area contributed by atoms with Crippen molar-refractivity contribution < 1.29 is 12.6 Å². The van der Waals surface area contributed by atoms with Crippen molar-refractivity contribution in [2.75, 3.05) is 13.4 Å². The number of hydrogen-bond acceptors (Lipinski definition) is 3. The third kappa shape index (κ3) is 9.04. The van der Waals surface area contributed by atoms with E-state index in [0.717, 1.165) is 13.4 Å². The predicted molar refractivity (Wildman–Crippen MR) is 53.0 cm³/mol. The van der Waals surface area contributed by atoms with E-state index in [0.29, 0.717) is 0 Å².